The Morgan fingerprint density at radius 1 is 1.53 bits per heavy atom. The third-order valence-electron chi connectivity index (χ3n) is 3.29. The summed E-state index contributed by atoms with van der Waals surface area (Å²) in [5.41, 5.74) is 0.831. The zero-order chi connectivity index (χ0) is 13.2. The average molecular weight is 242 g/mol. The van der Waals surface area contributed by atoms with Gasteiger partial charge in [0.15, 0.2) is 0 Å². The van der Waals surface area contributed by atoms with Crippen LogP contribution in [0.5, 0.6) is 0 Å². The van der Waals surface area contributed by atoms with Gasteiger partial charge in [-0.25, -0.2) is 4.79 Å². The molecule has 1 N–H and O–H groups in total. The fourth-order valence-corrected chi connectivity index (χ4v) is 2.73. The fraction of sp³-hybridized carbons (Fsp3) is 0.833. The van der Waals surface area contributed by atoms with Gasteiger partial charge in [-0.05, 0) is 5.41 Å². The van der Waals surface area contributed by atoms with E-state index >= 15 is 0 Å². The molecule has 0 bridgehead atoms. The molecule has 0 aliphatic carbocycles. The average Bonchev–Trinajstić information content (AvgIpc) is 2.18. The van der Waals surface area contributed by atoms with Gasteiger partial charge >= 0.3 is 6.09 Å². The largest absolute Gasteiger partial charge is 0.465 e. The zero-order valence-corrected chi connectivity index (χ0v) is 11.2. The highest BCUT2D eigenvalue weighted by Crippen LogP contribution is 2.34. The summed E-state index contributed by atoms with van der Waals surface area (Å²) in [5.74, 6) is 0.0831. The third kappa shape index (κ3) is 2.90. The van der Waals surface area contributed by atoms with Crippen LogP contribution in [0, 0.1) is 11.3 Å². The molecule has 0 spiro atoms. The quantitative estimate of drug-likeness (QED) is 0.718. The molecule has 0 aromatic heterocycles. The molecule has 5 nitrogen and oxygen atoms in total. The van der Waals surface area contributed by atoms with Crippen molar-refractivity contribution < 1.29 is 14.7 Å². The Kier molecular flexibility index (Phi) is 4.01. The Hall–Kier alpha value is -1.26. The number of likely N-dealkylation sites (tertiary alicyclic amines) is 1. The predicted octanol–water partition coefficient (Wildman–Crippen LogP) is 2.42. The van der Waals surface area contributed by atoms with Crippen molar-refractivity contribution in [2.45, 2.75) is 40.2 Å². The first-order valence-corrected chi connectivity index (χ1v) is 5.88. The smallest absolute Gasteiger partial charge is 0.407 e. The second kappa shape index (κ2) is 4.94. The second-order valence-electron chi connectivity index (χ2n) is 5.59. The van der Waals surface area contributed by atoms with Gasteiger partial charge in [-0.15, -0.1) is 0 Å². The summed E-state index contributed by atoms with van der Waals surface area (Å²) in [4.78, 5) is 17.6. The molecule has 1 aliphatic heterocycles. The van der Waals surface area contributed by atoms with Gasteiger partial charge in [-0.2, -0.15) is 0 Å². The number of carbonyl (C=O) groups is 1. The Bertz CT molecular complexity index is 320. The maximum atomic E-state index is 11.3. The topological polar surface area (TPSA) is 62.1 Å². The molecule has 98 valence electrons. The van der Waals surface area contributed by atoms with Crippen molar-refractivity contribution in [1.82, 2.24) is 4.90 Å². The van der Waals surface area contributed by atoms with Crippen LogP contribution in [0.1, 0.15) is 34.1 Å². The summed E-state index contributed by atoms with van der Waals surface area (Å²) in [5, 5.41) is 13.3. The van der Waals surface area contributed by atoms with E-state index in [1.165, 1.54) is 12.0 Å². The molecule has 0 radical (unpaired) electrons. The van der Waals surface area contributed by atoms with Gasteiger partial charge in [0.1, 0.15) is 7.11 Å². The van der Waals surface area contributed by atoms with E-state index in [1.54, 1.807) is 0 Å². The molecule has 0 aromatic rings. The highest BCUT2D eigenvalue weighted by molar-refractivity contribution is 5.89. The molecule has 5 heteroatoms. The van der Waals surface area contributed by atoms with Gasteiger partial charge in [-0.3, -0.25) is 0 Å². The molecule has 1 aliphatic rings. The van der Waals surface area contributed by atoms with Crippen LogP contribution in [0.2, 0.25) is 0 Å². The van der Waals surface area contributed by atoms with Crippen LogP contribution in [-0.4, -0.2) is 41.5 Å². The molecule has 0 aromatic carbocycles. The molecule has 0 saturated carbocycles. The standard InChI is InChI=1S/C12H22N2O3/c1-8-9(13-17-5)6-7-14(11(15)16)10(8)12(2,3)4/h8,10H,6-7H2,1-5H3,(H,15,16)/b13-9+. The second-order valence-corrected chi connectivity index (χ2v) is 5.59. The molecular formula is C12H22N2O3. The van der Waals surface area contributed by atoms with Crippen molar-refractivity contribution in [2.75, 3.05) is 13.7 Å². The monoisotopic (exact) mass is 242 g/mol. The van der Waals surface area contributed by atoms with Crippen LogP contribution in [-0.2, 0) is 4.84 Å². The Labute approximate surface area is 102 Å². The SMILES string of the molecule is CO/N=C1\CCN(C(=O)O)C(C(C)(C)C)C1C. The fourth-order valence-electron chi connectivity index (χ4n) is 2.73. The van der Waals surface area contributed by atoms with Gasteiger partial charge < -0.3 is 14.8 Å². The summed E-state index contributed by atoms with van der Waals surface area (Å²) < 4.78 is 0. The lowest BCUT2D eigenvalue weighted by Crippen LogP contribution is -2.56. The summed E-state index contributed by atoms with van der Waals surface area (Å²) >= 11 is 0. The van der Waals surface area contributed by atoms with Gasteiger partial charge in [0.05, 0.1) is 5.71 Å². The first kappa shape index (κ1) is 13.8. The van der Waals surface area contributed by atoms with Gasteiger partial charge in [0, 0.05) is 24.9 Å². The normalized spacial score (nSPS) is 28.3. The number of piperidine rings is 1. The predicted molar refractivity (Wildman–Crippen MR) is 66.2 cm³/mol. The summed E-state index contributed by atoms with van der Waals surface area (Å²) in [7, 11) is 1.52. The van der Waals surface area contributed by atoms with Crippen LogP contribution in [0.3, 0.4) is 0 Å². The highest BCUT2D eigenvalue weighted by Gasteiger charge is 2.42. The maximum Gasteiger partial charge on any atom is 0.407 e. The van der Waals surface area contributed by atoms with E-state index in [1.807, 2.05) is 6.92 Å². The summed E-state index contributed by atoms with van der Waals surface area (Å²) in [6.45, 7) is 8.67. The van der Waals surface area contributed by atoms with Crippen LogP contribution in [0.4, 0.5) is 4.79 Å². The molecule has 1 saturated heterocycles. The van der Waals surface area contributed by atoms with Crippen LogP contribution in [0.25, 0.3) is 0 Å². The molecular weight excluding hydrogens is 220 g/mol. The van der Waals surface area contributed by atoms with Crippen molar-refractivity contribution in [3.05, 3.63) is 0 Å². The summed E-state index contributed by atoms with van der Waals surface area (Å²) in [6.07, 6.45) is -0.207. The Morgan fingerprint density at radius 2 is 2.12 bits per heavy atom. The van der Waals surface area contributed by atoms with Crippen LogP contribution in [0.15, 0.2) is 5.16 Å². The minimum atomic E-state index is -0.853. The van der Waals surface area contributed by atoms with Crippen molar-refractivity contribution in [3.63, 3.8) is 0 Å². The van der Waals surface area contributed by atoms with Crippen molar-refractivity contribution in [3.8, 4) is 0 Å². The van der Waals surface area contributed by atoms with E-state index in [4.69, 9.17) is 4.84 Å². The van der Waals surface area contributed by atoms with Crippen LogP contribution < -0.4 is 0 Å². The third-order valence-corrected chi connectivity index (χ3v) is 3.29. The molecule has 2 atom stereocenters. The zero-order valence-electron chi connectivity index (χ0n) is 11.2. The molecule has 17 heavy (non-hydrogen) atoms. The van der Waals surface area contributed by atoms with E-state index < -0.39 is 6.09 Å². The van der Waals surface area contributed by atoms with Crippen molar-refractivity contribution in [1.29, 1.82) is 0 Å². The van der Waals surface area contributed by atoms with Gasteiger partial charge in [-0.1, -0.05) is 32.9 Å². The van der Waals surface area contributed by atoms with E-state index in [0.717, 1.165) is 5.71 Å². The first-order valence-electron chi connectivity index (χ1n) is 5.88. The Morgan fingerprint density at radius 3 is 2.53 bits per heavy atom. The first-order chi connectivity index (χ1) is 7.79. The van der Waals surface area contributed by atoms with Gasteiger partial charge in [0.25, 0.3) is 0 Å². The molecule has 1 rings (SSSR count). The number of carboxylic acid groups (broad SMARTS) is 1. The Balaban J connectivity index is 3.04. The molecule has 1 heterocycles. The number of hydrogen-bond donors (Lipinski definition) is 1. The van der Waals surface area contributed by atoms with Crippen molar-refractivity contribution >= 4 is 11.8 Å². The number of oxime groups is 1. The van der Waals surface area contributed by atoms with Crippen molar-refractivity contribution in [2.24, 2.45) is 16.5 Å². The lowest BCUT2D eigenvalue weighted by Gasteiger charge is -2.45. The van der Waals surface area contributed by atoms with E-state index in [-0.39, 0.29) is 17.4 Å². The van der Waals surface area contributed by atoms with Gasteiger partial charge in [0.2, 0.25) is 0 Å². The minimum Gasteiger partial charge on any atom is -0.465 e. The number of rotatable bonds is 1. The van der Waals surface area contributed by atoms with Crippen LogP contribution >= 0.6 is 0 Å². The molecule has 1 fully saturated rings. The maximum absolute atomic E-state index is 11.3. The van der Waals surface area contributed by atoms with E-state index in [2.05, 4.69) is 25.9 Å². The lowest BCUT2D eigenvalue weighted by molar-refractivity contribution is 0.0588. The minimum absolute atomic E-state index is 0.0670. The number of nitrogens with zero attached hydrogens (tertiary/aromatic N) is 2. The highest BCUT2D eigenvalue weighted by atomic mass is 16.6. The summed E-state index contributed by atoms with van der Waals surface area (Å²) in [6, 6.07) is -0.0670. The molecule has 2 unspecified atom stereocenters. The molecule has 1 amide bonds. The number of hydrogen-bond acceptors (Lipinski definition) is 3. The number of amides is 1. The lowest BCUT2D eigenvalue weighted by atomic mass is 9.74. The van der Waals surface area contributed by atoms with E-state index in [9.17, 15) is 9.90 Å². The van der Waals surface area contributed by atoms with E-state index in [0.29, 0.717) is 13.0 Å².